The molecule has 0 bridgehead atoms. The predicted octanol–water partition coefficient (Wildman–Crippen LogP) is 7.57. The molecule has 2 amide bonds. The lowest BCUT2D eigenvalue weighted by atomic mass is 10.1. The fourth-order valence-corrected chi connectivity index (χ4v) is 5.93. The summed E-state index contributed by atoms with van der Waals surface area (Å²) in [7, 11) is 2.77. The van der Waals surface area contributed by atoms with E-state index in [9.17, 15) is 31.5 Å². The van der Waals surface area contributed by atoms with Crippen LogP contribution in [0.4, 0.5) is 27.6 Å². The first kappa shape index (κ1) is 38.0. The summed E-state index contributed by atoms with van der Waals surface area (Å²) in [5, 5.41) is 3.16. The van der Waals surface area contributed by atoms with Crippen LogP contribution in [0, 0.1) is 17.5 Å². The average Bonchev–Trinajstić information content (AvgIpc) is 3.43. The summed E-state index contributed by atoms with van der Waals surface area (Å²) in [6.45, 7) is 1.42. The van der Waals surface area contributed by atoms with E-state index in [1.165, 1.54) is 30.5 Å². The van der Waals surface area contributed by atoms with Gasteiger partial charge in [0.25, 0.3) is 11.8 Å². The molecule has 1 atom stereocenters. The molecule has 5 aromatic rings. The molecule has 3 heterocycles. The maximum Gasteiger partial charge on any atom is 0.387 e. The second-order valence-corrected chi connectivity index (χ2v) is 11.9. The second kappa shape index (κ2) is 16.0. The second-order valence-electron chi connectivity index (χ2n) is 11.9. The van der Waals surface area contributed by atoms with Crippen LogP contribution >= 0.6 is 17.0 Å². The normalized spacial score (nSPS) is 14.6. The third-order valence-electron chi connectivity index (χ3n) is 8.60. The molecule has 0 radical (unpaired) electrons. The maximum atomic E-state index is 14.3. The van der Waals surface area contributed by atoms with Crippen LogP contribution in [0.25, 0.3) is 10.9 Å². The number of amides is 2. The van der Waals surface area contributed by atoms with Gasteiger partial charge in [0, 0.05) is 56.8 Å². The Morgan fingerprint density at radius 1 is 0.962 bits per heavy atom. The van der Waals surface area contributed by atoms with Gasteiger partial charge in [0.2, 0.25) is 11.7 Å². The number of pyridine rings is 1. The quantitative estimate of drug-likeness (QED) is 0.115. The summed E-state index contributed by atoms with van der Waals surface area (Å²) >= 11 is 0. The van der Waals surface area contributed by atoms with Crippen molar-refractivity contribution in [1.82, 2.24) is 19.4 Å². The molecule has 1 aliphatic rings. The van der Waals surface area contributed by atoms with Crippen LogP contribution in [-0.2, 0) is 13.6 Å². The molecule has 0 spiro atoms. The van der Waals surface area contributed by atoms with Gasteiger partial charge < -0.3 is 29.0 Å². The number of anilines is 1. The molecule has 16 heteroatoms. The van der Waals surface area contributed by atoms with E-state index in [4.69, 9.17) is 4.74 Å². The number of carbonyl (C=O) groups excluding carboxylic acids is 2. The summed E-state index contributed by atoms with van der Waals surface area (Å²) in [5.74, 6) is -5.85. The number of nitrogens with zero attached hydrogens (tertiary/aromatic N) is 4. The molecule has 1 saturated heterocycles. The molecule has 1 fully saturated rings. The number of aryl methyl sites for hydroxylation is 1. The highest BCUT2D eigenvalue weighted by atomic mass is 79.9. The molecular formula is C36H33BrF5N5O5. The van der Waals surface area contributed by atoms with Crippen molar-refractivity contribution < 1.29 is 45.8 Å². The van der Waals surface area contributed by atoms with Crippen LogP contribution in [0.2, 0.25) is 0 Å². The molecular weight excluding hydrogens is 757 g/mol. The highest BCUT2D eigenvalue weighted by Gasteiger charge is 2.29. The number of hydrogen-bond acceptors (Lipinski definition) is 7. The molecule has 1 N–H and O–H groups in total. The predicted molar refractivity (Wildman–Crippen MR) is 187 cm³/mol. The monoisotopic (exact) mass is 789 g/mol. The Morgan fingerprint density at radius 3 is 2.35 bits per heavy atom. The van der Waals surface area contributed by atoms with Crippen LogP contribution in [0.15, 0.2) is 72.9 Å². The smallest absolute Gasteiger partial charge is 0.387 e. The lowest BCUT2D eigenvalue weighted by molar-refractivity contribution is -0.0498. The van der Waals surface area contributed by atoms with E-state index < -0.39 is 41.3 Å². The van der Waals surface area contributed by atoms with Gasteiger partial charge in [-0.3, -0.25) is 14.5 Å². The van der Waals surface area contributed by atoms with Crippen molar-refractivity contribution >= 4 is 45.4 Å². The largest absolute Gasteiger partial charge is 0.491 e. The SMILES string of the molecule is Br.COc1c(F)cc(C(=O)Nc2ccc(Oc3ccc4cc(C(=O)N5CCN(Cc6ccc(OC(F)F)cc6)C(C)C5)n(C)c4c3)nc2)c(F)c1F. The minimum Gasteiger partial charge on any atom is -0.491 e. The number of rotatable bonds is 10. The Balaban J connectivity index is 0.00000523. The number of hydrogen-bond donors (Lipinski definition) is 1. The molecule has 6 rings (SSSR count). The van der Waals surface area contributed by atoms with E-state index in [1.807, 2.05) is 24.0 Å². The molecule has 52 heavy (non-hydrogen) atoms. The van der Waals surface area contributed by atoms with Gasteiger partial charge in [-0.2, -0.15) is 13.2 Å². The molecule has 2 aromatic heterocycles. The van der Waals surface area contributed by atoms with Crippen LogP contribution < -0.4 is 19.5 Å². The summed E-state index contributed by atoms with van der Waals surface area (Å²) < 4.78 is 84.0. The van der Waals surface area contributed by atoms with Crippen LogP contribution in [0.3, 0.4) is 0 Å². The maximum absolute atomic E-state index is 14.3. The van der Waals surface area contributed by atoms with Crippen molar-refractivity contribution in [3.63, 3.8) is 0 Å². The van der Waals surface area contributed by atoms with Gasteiger partial charge in [-0.1, -0.05) is 12.1 Å². The number of benzene rings is 3. The van der Waals surface area contributed by atoms with Gasteiger partial charge in [0.1, 0.15) is 17.2 Å². The van der Waals surface area contributed by atoms with Gasteiger partial charge in [-0.25, -0.2) is 13.8 Å². The summed E-state index contributed by atoms with van der Waals surface area (Å²) in [6, 6.07) is 17.1. The van der Waals surface area contributed by atoms with E-state index >= 15 is 0 Å². The lowest BCUT2D eigenvalue weighted by Gasteiger charge is -2.40. The Kier molecular flexibility index (Phi) is 11.7. The van der Waals surface area contributed by atoms with Crippen molar-refractivity contribution in [2.45, 2.75) is 26.1 Å². The van der Waals surface area contributed by atoms with Crippen LogP contribution in [-0.4, -0.2) is 70.6 Å². The fourth-order valence-electron chi connectivity index (χ4n) is 5.93. The fraction of sp³-hybridized carbons (Fsp3) is 0.250. The number of piperazine rings is 1. The van der Waals surface area contributed by atoms with Crippen molar-refractivity contribution in [3.05, 3.63) is 107 Å². The highest BCUT2D eigenvalue weighted by molar-refractivity contribution is 8.93. The zero-order valence-electron chi connectivity index (χ0n) is 28.0. The minimum absolute atomic E-state index is 0. The Hall–Kier alpha value is -5.22. The van der Waals surface area contributed by atoms with Crippen molar-refractivity contribution in [2.24, 2.45) is 7.05 Å². The Labute approximate surface area is 305 Å². The summed E-state index contributed by atoms with van der Waals surface area (Å²) in [4.78, 5) is 34.4. The molecule has 0 aliphatic carbocycles. The van der Waals surface area contributed by atoms with E-state index in [0.29, 0.717) is 43.7 Å². The molecule has 0 saturated carbocycles. The zero-order valence-corrected chi connectivity index (χ0v) is 29.8. The van der Waals surface area contributed by atoms with Gasteiger partial charge >= 0.3 is 6.61 Å². The third kappa shape index (κ3) is 8.12. The number of halogens is 6. The standard InChI is InChI=1S/C36H32F5N5O5.BrH/c1-20-18-46(13-12-45(20)19-21-4-8-24(9-5-21)51-36(40)41)35(48)29-14-22-6-10-25(15-28(22)44(29)2)50-30-11-7-23(17-42-30)43-34(47)26-16-27(37)33(49-3)32(39)31(26)38;/h4-11,14-17,20,36H,12-13,18-19H2,1-3H3,(H,43,47);1H. The van der Waals surface area contributed by atoms with E-state index in [-0.39, 0.29) is 46.2 Å². The molecule has 274 valence electrons. The third-order valence-corrected chi connectivity index (χ3v) is 8.60. The number of methoxy groups -OCH3 is 1. The first-order chi connectivity index (χ1) is 24.4. The van der Waals surface area contributed by atoms with Gasteiger partial charge in [-0.15, -0.1) is 17.0 Å². The van der Waals surface area contributed by atoms with E-state index in [1.54, 1.807) is 35.9 Å². The van der Waals surface area contributed by atoms with Crippen molar-refractivity contribution in [2.75, 3.05) is 32.1 Å². The minimum atomic E-state index is -2.88. The highest BCUT2D eigenvalue weighted by Crippen LogP contribution is 2.30. The van der Waals surface area contributed by atoms with Gasteiger partial charge in [0.15, 0.2) is 17.4 Å². The topological polar surface area (TPSA) is 98.2 Å². The van der Waals surface area contributed by atoms with Gasteiger partial charge in [0.05, 0.1) is 30.1 Å². The van der Waals surface area contributed by atoms with Crippen molar-refractivity contribution in [1.29, 1.82) is 0 Å². The first-order valence-corrected chi connectivity index (χ1v) is 15.7. The van der Waals surface area contributed by atoms with Crippen LogP contribution in [0.5, 0.6) is 23.1 Å². The van der Waals surface area contributed by atoms with Gasteiger partial charge in [-0.05, 0) is 55.0 Å². The molecule has 10 nitrogen and oxygen atoms in total. The Morgan fingerprint density at radius 2 is 1.69 bits per heavy atom. The average molecular weight is 791 g/mol. The van der Waals surface area contributed by atoms with Crippen molar-refractivity contribution in [3.8, 4) is 23.1 Å². The van der Waals surface area contributed by atoms with Crippen LogP contribution in [0.1, 0.15) is 33.3 Å². The first-order valence-electron chi connectivity index (χ1n) is 15.7. The zero-order chi connectivity index (χ0) is 36.4. The summed E-state index contributed by atoms with van der Waals surface area (Å²) in [6.07, 6.45) is 1.24. The number of aromatic nitrogens is 2. The number of carbonyl (C=O) groups is 2. The molecule has 1 aliphatic heterocycles. The Bertz CT molecular complexity index is 2080. The number of ether oxygens (including phenoxy) is 3. The lowest BCUT2D eigenvalue weighted by Crippen LogP contribution is -2.53. The van der Waals surface area contributed by atoms with E-state index in [2.05, 4.69) is 24.7 Å². The molecule has 1 unspecified atom stereocenters. The number of alkyl halides is 2. The number of fused-ring (bicyclic) bond motifs is 1. The summed E-state index contributed by atoms with van der Waals surface area (Å²) in [5.41, 5.74) is 1.47. The number of nitrogens with one attached hydrogen (secondary N) is 1. The molecule has 3 aromatic carbocycles. The van der Waals surface area contributed by atoms with E-state index in [0.717, 1.165) is 23.6 Å².